The van der Waals surface area contributed by atoms with Crippen LogP contribution in [0.1, 0.15) is 45.4 Å². The van der Waals surface area contributed by atoms with E-state index in [1.807, 2.05) is 0 Å². The summed E-state index contributed by atoms with van der Waals surface area (Å²) in [5.41, 5.74) is 0. The summed E-state index contributed by atoms with van der Waals surface area (Å²) in [4.78, 5) is 12.5. The Morgan fingerprint density at radius 2 is 2.27 bits per heavy atom. The Bertz CT molecular complexity index is 199. The van der Waals surface area contributed by atoms with E-state index in [0.29, 0.717) is 5.78 Å². The van der Waals surface area contributed by atoms with Crippen LogP contribution in [0.5, 0.6) is 0 Å². The SMILES string of the molecule is CCCCCCPC1CCCN1C(=O)O. The number of unbranched alkanes of at least 4 members (excludes halogenated alkanes) is 3. The predicted molar refractivity (Wildman–Crippen MR) is 65.1 cm³/mol. The van der Waals surface area contributed by atoms with Gasteiger partial charge in [0.15, 0.2) is 0 Å². The molecule has 0 bridgehead atoms. The number of hydrogen-bond donors (Lipinski definition) is 1. The van der Waals surface area contributed by atoms with Crippen LogP contribution in [0.4, 0.5) is 4.79 Å². The van der Waals surface area contributed by atoms with Gasteiger partial charge in [0.2, 0.25) is 0 Å². The summed E-state index contributed by atoms with van der Waals surface area (Å²) in [6, 6.07) is 0. The van der Waals surface area contributed by atoms with Gasteiger partial charge in [0.25, 0.3) is 0 Å². The Morgan fingerprint density at radius 1 is 1.47 bits per heavy atom. The van der Waals surface area contributed by atoms with Crippen molar-refractivity contribution in [3.05, 3.63) is 0 Å². The van der Waals surface area contributed by atoms with E-state index >= 15 is 0 Å². The van der Waals surface area contributed by atoms with Crippen molar-refractivity contribution in [3.8, 4) is 0 Å². The minimum atomic E-state index is -0.724. The first kappa shape index (κ1) is 12.8. The first-order chi connectivity index (χ1) is 7.25. The maximum Gasteiger partial charge on any atom is 0.407 e. The van der Waals surface area contributed by atoms with Gasteiger partial charge in [0.1, 0.15) is 0 Å². The molecular weight excluding hydrogens is 209 g/mol. The summed E-state index contributed by atoms with van der Waals surface area (Å²) in [7, 11) is 0.815. The van der Waals surface area contributed by atoms with Gasteiger partial charge in [-0.3, -0.25) is 0 Å². The maximum atomic E-state index is 10.9. The molecule has 1 rings (SSSR count). The molecule has 1 aliphatic heterocycles. The van der Waals surface area contributed by atoms with Gasteiger partial charge in [-0.05, 0) is 25.4 Å². The van der Waals surface area contributed by atoms with E-state index in [4.69, 9.17) is 5.11 Å². The van der Waals surface area contributed by atoms with Crippen molar-refractivity contribution >= 4 is 14.7 Å². The molecule has 1 aliphatic rings. The Morgan fingerprint density at radius 3 is 2.93 bits per heavy atom. The lowest BCUT2D eigenvalue weighted by Gasteiger charge is -2.21. The molecule has 1 amide bonds. The second-order valence-electron chi connectivity index (χ2n) is 4.15. The van der Waals surface area contributed by atoms with Crippen molar-refractivity contribution in [2.75, 3.05) is 12.7 Å². The molecule has 1 heterocycles. The fourth-order valence-electron chi connectivity index (χ4n) is 2.03. The number of nitrogens with zero attached hydrogens (tertiary/aromatic N) is 1. The van der Waals surface area contributed by atoms with Crippen molar-refractivity contribution < 1.29 is 9.90 Å². The molecule has 1 fully saturated rings. The second-order valence-corrected chi connectivity index (χ2v) is 5.72. The summed E-state index contributed by atoms with van der Waals surface area (Å²) >= 11 is 0. The molecule has 0 radical (unpaired) electrons. The summed E-state index contributed by atoms with van der Waals surface area (Å²) in [6.45, 7) is 2.97. The Balaban J connectivity index is 2.12. The quantitative estimate of drug-likeness (QED) is 0.562. The van der Waals surface area contributed by atoms with Crippen LogP contribution in [0.2, 0.25) is 0 Å². The molecule has 0 aromatic rings. The Hall–Kier alpha value is -0.300. The smallest absolute Gasteiger partial charge is 0.407 e. The molecule has 0 aliphatic carbocycles. The zero-order chi connectivity index (χ0) is 11.1. The topological polar surface area (TPSA) is 40.5 Å². The summed E-state index contributed by atoms with van der Waals surface area (Å²) in [6.07, 6.45) is 7.80. The van der Waals surface area contributed by atoms with Crippen LogP contribution < -0.4 is 0 Å². The molecule has 15 heavy (non-hydrogen) atoms. The first-order valence-corrected chi connectivity index (χ1v) is 7.27. The highest BCUT2D eigenvalue weighted by atomic mass is 31.1. The number of amides is 1. The monoisotopic (exact) mass is 231 g/mol. The average Bonchev–Trinajstić information content (AvgIpc) is 2.66. The number of hydrogen-bond acceptors (Lipinski definition) is 1. The average molecular weight is 231 g/mol. The fraction of sp³-hybridized carbons (Fsp3) is 0.909. The van der Waals surface area contributed by atoms with Gasteiger partial charge in [-0.1, -0.05) is 34.8 Å². The van der Waals surface area contributed by atoms with Gasteiger partial charge in [0.05, 0.1) is 5.78 Å². The van der Waals surface area contributed by atoms with Crippen LogP contribution in [0.25, 0.3) is 0 Å². The van der Waals surface area contributed by atoms with Crippen molar-refractivity contribution in [2.45, 2.75) is 51.2 Å². The summed E-state index contributed by atoms with van der Waals surface area (Å²) in [5.74, 6) is 0.337. The fourth-order valence-corrected chi connectivity index (χ4v) is 3.68. The van der Waals surface area contributed by atoms with Gasteiger partial charge >= 0.3 is 6.09 Å². The minimum absolute atomic E-state index is 0.337. The van der Waals surface area contributed by atoms with E-state index in [-0.39, 0.29) is 0 Å². The molecule has 2 atom stereocenters. The third-order valence-corrected chi connectivity index (χ3v) is 4.62. The van der Waals surface area contributed by atoms with E-state index in [2.05, 4.69) is 6.92 Å². The highest BCUT2D eigenvalue weighted by Crippen LogP contribution is 2.32. The highest BCUT2D eigenvalue weighted by molar-refractivity contribution is 7.38. The zero-order valence-corrected chi connectivity index (χ0v) is 10.5. The number of likely N-dealkylation sites (tertiary alicyclic amines) is 1. The normalized spacial score (nSPS) is 21.7. The van der Waals surface area contributed by atoms with E-state index in [0.717, 1.165) is 28.0 Å². The Kier molecular flexibility index (Phi) is 6.00. The lowest BCUT2D eigenvalue weighted by Crippen LogP contribution is -2.31. The van der Waals surface area contributed by atoms with E-state index in [9.17, 15) is 4.79 Å². The van der Waals surface area contributed by atoms with Crippen molar-refractivity contribution in [2.24, 2.45) is 0 Å². The molecule has 0 spiro atoms. The third kappa shape index (κ3) is 4.38. The molecule has 0 aromatic carbocycles. The van der Waals surface area contributed by atoms with Crippen LogP contribution in [-0.2, 0) is 0 Å². The molecular formula is C11H22NO2P. The van der Waals surface area contributed by atoms with Gasteiger partial charge < -0.3 is 10.0 Å². The largest absolute Gasteiger partial charge is 0.465 e. The zero-order valence-electron chi connectivity index (χ0n) is 9.54. The molecule has 4 heteroatoms. The minimum Gasteiger partial charge on any atom is -0.465 e. The standard InChI is InChI=1S/C11H22NO2P/c1-2-3-4-5-9-15-10-7-6-8-12(10)11(13)14/h10,15H,2-9H2,1H3,(H,13,14). The molecule has 0 aromatic heterocycles. The number of carbonyl (C=O) groups is 1. The van der Waals surface area contributed by atoms with Crippen molar-refractivity contribution in [1.82, 2.24) is 4.90 Å². The van der Waals surface area contributed by atoms with Gasteiger partial charge in [-0.15, -0.1) is 0 Å². The van der Waals surface area contributed by atoms with E-state index < -0.39 is 6.09 Å². The number of rotatable bonds is 6. The molecule has 2 unspecified atom stereocenters. The lowest BCUT2D eigenvalue weighted by atomic mass is 10.2. The van der Waals surface area contributed by atoms with Crippen molar-refractivity contribution in [3.63, 3.8) is 0 Å². The second kappa shape index (κ2) is 7.05. The van der Waals surface area contributed by atoms with Gasteiger partial charge in [0, 0.05) is 6.54 Å². The maximum absolute atomic E-state index is 10.9. The van der Waals surface area contributed by atoms with Gasteiger partial charge in [-0.2, -0.15) is 0 Å². The Labute approximate surface area is 94.0 Å². The van der Waals surface area contributed by atoms with Crippen LogP contribution in [0.3, 0.4) is 0 Å². The predicted octanol–water partition coefficient (Wildman–Crippen LogP) is 3.35. The van der Waals surface area contributed by atoms with Crippen LogP contribution in [0, 0.1) is 0 Å². The van der Waals surface area contributed by atoms with E-state index in [1.165, 1.54) is 31.8 Å². The molecule has 1 saturated heterocycles. The van der Waals surface area contributed by atoms with Crippen LogP contribution in [0.15, 0.2) is 0 Å². The summed E-state index contributed by atoms with van der Waals surface area (Å²) in [5, 5.41) is 8.95. The van der Waals surface area contributed by atoms with Crippen molar-refractivity contribution in [1.29, 1.82) is 0 Å². The third-order valence-electron chi connectivity index (χ3n) is 2.91. The molecule has 1 N–H and O–H groups in total. The van der Waals surface area contributed by atoms with Crippen LogP contribution in [-0.4, -0.2) is 34.6 Å². The van der Waals surface area contributed by atoms with Crippen LogP contribution >= 0.6 is 8.58 Å². The van der Waals surface area contributed by atoms with Gasteiger partial charge in [-0.25, -0.2) is 4.79 Å². The lowest BCUT2D eigenvalue weighted by molar-refractivity contribution is 0.151. The molecule has 3 nitrogen and oxygen atoms in total. The highest BCUT2D eigenvalue weighted by Gasteiger charge is 2.27. The molecule has 0 saturated carbocycles. The van der Waals surface area contributed by atoms with E-state index in [1.54, 1.807) is 4.90 Å². The summed E-state index contributed by atoms with van der Waals surface area (Å²) < 4.78 is 0. The molecule has 88 valence electrons. The first-order valence-electron chi connectivity index (χ1n) is 5.98. The number of carboxylic acid groups (broad SMARTS) is 1.